The Labute approximate surface area is 182 Å². The van der Waals surface area contributed by atoms with Crippen LogP contribution >= 0.6 is 0 Å². The molecule has 0 spiro atoms. The van der Waals surface area contributed by atoms with Gasteiger partial charge in [0.25, 0.3) is 0 Å². The molecule has 3 rings (SSSR count). The zero-order valence-electron chi connectivity index (χ0n) is 17.4. The van der Waals surface area contributed by atoms with Crippen LogP contribution in [0.4, 0.5) is 11.4 Å². The third kappa shape index (κ3) is 6.06. The average molecular weight is 407 g/mol. The summed E-state index contributed by atoms with van der Waals surface area (Å²) in [7, 11) is 1.34. The summed E-state index contributed by atoms with van der Waals surface area (Å²) in [5.74, 6) is 11.2. The molecule has 0 saturated carbocycles. The summed E-state index contributed by atoms with van der Waals surface area (Å²) in [6.45, 7) is 2.64. The minimum absolute atomic E-state index is 0.386. The average Bonchev–Trinajstić information content (AvgIpc) is 2.83. The number of esters is 1. The van der Waals surface area contributed by atoms with Gasteiger partial charge in [0.1, 0.15) is 5.69 Å². The molecule has 0 N–H and O–H groups in total. The lowest BCUT2D eigenvalue weighted by Gasteiger charge is -2.15. The van der Waals surface area contributed by atoms with Crippen molar-refractivity contribution >= 4 is 17.3 Å². The van der Waals surface area contributed by atoms with Gasteiger partial charge in [-0.1, -0.05) is 53.5 Å². The van der Waals surface area contributed by atoms with E-state index in [-0.39, 0.29) is 0 Å². The Bertz CT molecular complexity index is 1180. The highest BCUT2D eigenvalue weighted by Crippen LogP contribution is 2.23. The highest BCUT2D eigenvalue weighted by molar-refractivity contribution is 5.90. The molecule has 0 aliphatic rings. The van der Waals surface area contributed by atoms with Crippen LogP contribution in [0.2, 0.25) is 0 Å². The highest BCUT2D eigenvalue weighted by Gasteiger charge is 2.09. The van der Waals surface area contributed by atoms with Crippen LogP contribution < -0.4 is 5.01 Å². The van der Waals surface area contributed by atoms with Crippen molar-refractivity contribution in [1.29, 1.82) is 0 Å². The summed E-state index contributed by atoms with van der Waals surface area (Å²) < 4.78 is 4.81. The zero-order valence-corrected chi connectivity index (χ0v) is 17.4. The lowest BCUT2D eigenvalue weighted by molar-refractivity contribution is 0.0600. The van der Waals surface area contributed by atoms with Gasteiger partial charge < -0.3 is 4.74 Å². The third-order valence-corrected chi connectivity index (χ3v) is 4.27. The van der Waals surface area contributed by atoms with E-state index < -0.39 is 5.97 Å². The summed E-state index contributed by atoms with van der Waals surface area (Å²) in [5, 5.41) is 10.5. The Kier molecular flexibility index (Phi) is 7.58. The number of anilines is 1. The number of carbonyl (C=O) groups is 1. The molecule has 0 saturated heterocycles. The molecule has 5 heteroatoms. The Hall–Kier alpha value is -4.35. The number of nitrogens with zero attached hydrogens (tertiary/aromatic N) is 3. The Balaban J connectivity index is 1.92. The molecule has 5 nitrogen and oxygen atoms in total. The van der Waals surface area contributed by atoms with Gasteiger partial charge in [-0.2, -0.15) is 0 Å². The second-order valence-corrected chi connectivity index (χ2v) is 6.33. The van der Waals surface area contributed by atoms with Gasteiger partial charge in [0.2, 0.25) is 0 Å². The van der Waals surface area contributed by atoms with Crippen LogP contribution in [0.1, 0.15) is 28.4 Å². The Morgan fingerprint density at radius 3 is 2.29 bits per heavy atom. The Morgan fingerprint density at radius 1 is 0.935 bits per heavy atom. The van der Waals surface area contributed by atoms with E-state index in [4.69, 9.17) is 4.74 Å². The standard InChI is InChI=1S/C26H21N3O2/c1-3-29(24-16-8-5-9-17-24)28-27-25-19-18-23(26(30)31-2)20-22(25)15-11-10-14-21-12-6-4-7-13-21/h4-9,12-13,16-20H,3H2,1-2H3. The van der Waals surface area contributed by atoms with E-state index in [1.54, 1.807) is 23.2 Å². The molecule has 0 bridgehead atoms. The summed E-state index contributed by atoms with van der Waals surface area (Å²) in [6.07, 6.45) is 0. The number of benzene rings is 3. The SMILES string of the molecule is CCN(N=Nc1ccc(C(=O)OC)cc1C#CC#Cc1ccccc1)c1ccccc1. The number of methoxy groups -OCH3 is 1. The Morgan fingerprint density at radius 2 is 1.61 bits per heavy atom. The van der Waals surface area contributed by atoms with Crippen LogP contribution in [0.25, 0.3) is 0 Å². The van der Waals surface area contributed by atoms with Gasteiger partial charge in [-0.25, -0.2) is 9.80 Å². The van der Waals surface area contributed by atoms with E-state index in [1.165, 1.54) is 7.11 Å². The van der Waals surface area contributed by atoms with Crippen LogP contribution in [-0.4, -0.2) is 19.6 Å². The molecule has 0 aliphatic heterocycles. The summed E-state index contributed by atoms with van der Waals surface area (Å²) in [6, 6.07) is 24.3. The highest BCUT2D eigenvalue weighted by atomic mass is 16.5. The van der Waals surface area contributed by atoms with Gasteiger partial charge >= 0.3 is 5.97 Å². The summed E-state index contributed by atoms with van der Waals surface area (Å²) >= 11 is 0. The molecule has 3 aromatic carbocycles. The van der Waals surface area contributed by atoms with Crippen molar-refractivity contribution in [3.63, 3.8) is 0 Å². The number of ether oxygens (including phenoxy) is 1. The number of hydrogen-bond donors (Lipinski definition) is 0. The predicted molar refractivity (Wildman–Crippen MR) is 122 cm³/mol. The van der Waals surface area contributed by atoms with Gasteiger partial charge in [-0.3, -0.25) is 0 Å². The topological polar surface area (TPSA) is 54.3 Å². The first-order valence-corrected chi connectivity index (χ1v) is 9.75. The van der Waals surface area contributed by atoms with Crippen LogP contribution in [0, 0.1) is 23.7 Å². The summed E-state index contributed by atoms with van der Waals surface area (Å²) in [5.41, 5.74) is 3.27. The van der Waals surface area contributed by atoms with Gasteiger partial charge in [0, 0.05) is 12.1 Å². The number of rotatable bonds is 5. The van der Waals surface area contributed by atoms with Gasteiger partial charge in [-0.05, 0) is 61.2 Å². The van der Waals surface area contributed by atoms with Crippen LogP contribution in [-0.2, 0) is 4.74 Å². The van der Waals surface area contributed by atoms with Gasteiger partial charge in [0.15, 0.2) is 0 Å². The molecule has 31 heavy (non-hydrogen) atoms. The molecule has 0 heterocycles. The van der Waals surface area contributed by atoms with Crippen LogP contribution in [0.5, 0.6) is 0 Å². The lowest BCUT2D eigenvalue weighted by Crippen LogP contribution is -2.13. The van der Waals surface area contributed by atoms with Gasteiger partial charge in [-0.15, -0.1) is 5.11 Å². The smallest absolute Gasteiger partial charge is 0.337 e. The van der Waals surface area contributed by atoms with E-state index in [9.17, 15) is 4.79 Å². The van der Waals surface area contributed by atoms with Crippen molar-refractivity contribution in [2.24, 2.45) is 10.3 Å². The molecule has 0 radical (unpaired) electrons. The first-order valence-electron chi connectivity index (χ1n) is 9.75. The molecule has 0 unspecified atom stereocenters. The van der Waals surface area contributed by atoms with Crippen LogP contribution in [0.15, 0.2) is 89.2 Å². The minimum atomic E-state index is -0.443. The fraction of sp³-hybridized carbons (Fsp3) is 0.115. The van der Waals surface area contributed by atoms with Crippen molar-refractivity contribution < 1.29 is 9.53 Å². The number of hydrogen-bond acceptors (Lipinski definition) is 4. The molecule has 0 aliphatic carbocycles. The maximum atomic E-state index is 11.9. The molecule has 0 fully saturated rings. The van der Waals surface area contributed by atoms with E-state index >= 15 is 0 Å². The van der Waals surface area contributed by atoms with E-state index in [0.717, 1.165) is 11.3 Å². The largest absolute Gasteiger partial charge is 0.465 e. The molecule has 0 atom stereocenters. The molecule has 3 aromatic rings. The second-order valence-electron chi connectivity index (χ2n) is 6.33. The molecule has 0 amide bonds. The number of para-hydroxylation sites is 1. The zero-order chi connectivity index (χ0) is 21.9. The monoisotopic (exact) mass is 407 g/mol. The maximum Gasteiger partial charge on any atom is 0.337 e. The van der Waals surface area contributed by atoms with E-state index in [0.29, 0.717) is 23.4 Å². The van der Waals surface area contributed by atoms with Gasteiger partial charge in [0.05, 0.1) is 23.9 Å². The quantitative estimate of drug-likeness (QED) is 0.246. The molecule has 152 valence electrons. The fourth-order valence-electron chi connectivity index (χ4n) is 2.69. The van der Waals surface area contributed by atoms with E-state index in [1.807, 2.05) is 67.6 Å². The number of carbonyl (C=O) groups excluding carboxylic acids is 1. The lowest BCUT2D eigenvalue weighted by atomic mass is 10.1. The van der Waals surface area contributed by atoms with Crippen molar-refractivity contribution in [1.82, 2.24) is 0 Å². The molecular weight excluding hydrogens is 386 g/mol. The first kappa shape index (κ1) is 21.4. The van der Waals surface area contributed by atoms with Crippen molar-refractivity contribution in [2.75, 3.05) is 18.7 Å². The van der Waals surface area contributed by atoms with Crippen molar-refractivity contribution in [3.05, 3.63) is 95.6 Å². The maximum absolute atomic E-state index is 11.9. The molecular formula is C26H21N3O2. The second kappa shape index (κ2) is 11.0. The first-order chi connectivity index (χ1) is 15.2. The minimum Gasteiger partial charge on any atom is -0.465 e. The van der Waals surface area contributed by atoms with Crippen LogP contribution in [0.3, 0.4) is 0 Å². The molecule has 0 aromatic heterocycles. The fourth-order valence-corrected chi connectivity index (χ4v) is 2.69. The van der Waals surface area contributed by atoms with E-state index in [2.05, 4.69) is 34.0 Å². The summed E-state index contributed by atoms with van der Waals surface area (Å²) in [4.78, 5) is 11.9. The van der Waals surface area contributed by atoms with Crippen molar-refractivity contribution in [2.45, 2.75) is 6.92 Å². The third-order valence-electron chi connectivity index (χ3n) is 4.27. The van der Waals surface area contributed by atoms with Crippen molar-refractivity contribution in [3.8, 4) is 23.7 Å². The normalized spacial score (nSPS) is 9.87. The predicted octanol–water partition coefficient (Wildman–Crippen LogP) is 5.40.